The summed E-state index contributed by atoms with van der Waals surface area (Å²) in [5.74, 6) is 0. The fraction of sp³-hybridized carbons (Fsp3) is 0.538. The Bertz CT molecular complexity index is 277. The number of hydrogen-bond acceptors (Lipinski definition) is 2. The quantitative estimate of drug-likeness (QED) is 0.699. The van der Waals surface area contributed by atoms with Gasteiger partial charge in [0.05, 0.1) is 6.10 Å². The van der Waals surface area contributed by atoms with Gasteiger partial charge in [-0.25, -0.2) is 0 Å². The summed E-state index contributed by atoms with van der Waals surface area (Å²) in [7, 11) is 0. The normalized spacial score (nSPS) is 12.7. The van der Waals surface area contributed by atoms with Gasteiger partial charge in [-0.2, -0.15) is 0 Å². The second kappa shape index (κ2) is 6.81. The molecule has 84 valence electrons. The number of allylic oxidation sites excluding steroid dienone is 1. The summed E-state index contributed by atoms with van der Waals surface area (Å²) >= 11 is 1.80. The maximum atomic E-state index is 9.69. The zero-order chi connectivity index (χ0) is 11.1. The van der Waals surface area contributed by atoms with E-state index in [-0.39, 0.29) is 6.10 Å². The lowest BCUT2D eigenvalue weighted by Crippen LogP contribution is -2.06. The van der Waals surface area contributed by atoms with Crippen LogP contribution in [-0.4, -0.2) is 11.2 Å². The third-order valence-electron chi connectivity index (χ3n) is 2.44. The highest BCUT2D eigenvalue weighted by molar-refractivity contribution is 7.09. The number of rotatable bonds is 7. The van der Waals surface area contributed by atoms with E-state index in [1.54, 1.807) is 11.3 Å². The average Bonchev–Trinajstić information content (AvgIpc) is 2.67. The molecular formula is C13H20OS. The topological polar surface area (TPSA) is 20.2 Å². The molecule has 0 aromatic carbocycles. The van der Waals surface area contributed by atoms with Crippen LogP contribution in [0.5, 0.6) is 0 Å². The second-order valence-electron chi connectivity index (χ2n) is 4.12. The zero-order valence-electron chi connectivity index (χ0n) is 9.41. The van der Waals surface area contributed by atoms with Crippen molar-refractivity contribution in [3.8, 4) is 0 Å². The molecule has 1 N–H and O–H groups in total. The number of aliphatic hydroxyl groups excluding tert-OH is 1. The summed E-state index contributed by atoms with van der Waals surface area (Å²) in [6.45, 7) is 5.85. The molecule has 1 aromatic heterocycles. The SMILES string of the molecule is C=C(C)CCC(O)CCCc1cccs1. The van der Waals surface area contributed by atoms with E-state index in [4.69, 9.17) is 0 Å². The van der Waals surface area contributed by atoms with Crippen LogP contribution < -0.4 is 0 Å². The van der Waals surface area contributed by atoms with Crippen LogP contribution in [0, 0.1) is 0 Å². The Morgan fingerprint density at radius 2 is 2.33 bits per heavy atom. The standard InChI is InChI=1S/C13H20OS/c1-11(2)8-9-12(14)5-3-6-13-7-4-10-15-13/h4,7,10,12,14H,1,3,5-6,8-9H2,2H3. The first-order valence-electron chi connectivity index (χ1n) is 5.53. The molecule has 0 bridgehead atoms. The molecule has 0 spiro atoms. The molecule has 1 heterocycles. The molecule has 0 radical (unpaired) electrons. The van der Waals surface area contributed by atoms with Gasteiger partial charge in [0, 0.05) is 4.88 Å². The first-order chi connectivity index (χ1) is 7.18. The van der Waals surface area contributed by atoms with Gasteiger partial charge in [-0.3, -0.25) is 0 Å². The van der Waals surface area contributed by atoms with Crippen molar-refractivity contribution < 1.29 is 5.11 Å². The van der Waals surface area contributed by atoms with Gasteiger partial charge in [0.25, 0.3) is 0 Å². The van der Waals surface area contributed by atoms with Gasteiger partial charge in [-0.05, 0) is 50.5 Å². The maximum absolute atomic E-state index is 9.69. The predicted octanol–water partition coefficient (Wildman–Crippen LogP) is 3.79. The van der Waals surface area contributed by atoms with Crippen LogP contribution in [0.4, 0.5) is 0 Å². The van der Waals surface area contributed by atoms with Gasteiger partial charge in [-0.1, -0.05) is 11.6 Å². The molecule has 1 unspecified atom stereocenters. The Kier molecular flexibility index (Phi) is 5.66. The Hall–Kier alpha value is -0.600. The van der Waals surface area contributed by atoms with Crippen LogP contribution >= 0.6 is 11.3 Å². The lowest BCUT2D eigenvalue weighted by molar-refractivity contribution is 0.152. The summed E-state index contributed by atoms with van der Waals surface area (Å²) < 4.78 is 0. The molecule has 0 saturated carbocycles. The van der Waals surface area contributed by atoms with Crippen LogP contribution in [0.15, 0.2) is 29.7 Å². The lowest BCUT2D eigenvalue weighted by atomic mass is 10.0. The molecule has 1 rings (SSSR count). The van der Waals surface area contributed by atoms with Crippen molar-refractivity contribution in [2.45, 2.75) is 45.1 Å². The van der Waals surface area contributed by atoms with E-state index in [1.807, 2.05) is 6.92 Å². The first-order valence-corrected chi connectivity index (χ1v) is 6.41. The number of hydrogen-bond donors (Lipinski definition) is 1. The Morgan fingerprint density at radius 1 is 1.53 bits per heavy atom. The molecule has 0 aliphatic rings. The molecule has 1 aromatic rings. The van der Waals surface area contributed by atoms with Crippen LogP contribution in [0.2, 0.25) is 0 Å². The van der Waals surface area contributed by atoms with Crippen LogP contribution in [0.25, 0.3) is 0 Å². The number of aryl methyl sites for hydroxylation is 1. The van der Waals surface area contributed by atoms with Crippen molar-refractivity contribution >= 4 is 11.3 Å². The highest BCUT2D eigenvalue weighted by Gasteiger charge is 2.04. The second-order valence-corrected chi connectivity index (χ2v) is 5.15. The van der Waals surface area contributed by atoms with Gasteiger partial charge < -0.3 is 5.11 Å². The lowest BCUT2D eigenvalue weighted by Gasteiger charge is -2.09. The predicted molar refractivity (Wildman–Crippen MR) is 67.3 cm³/mol. The van der Waals surface area contributed by atoms with Gasteiger partial charge >= 0.3 is 0 Å². The van der Waals surface area contributed by atoms with Gasteiger partial charge in [0.1, 0.15) is 0 Å². The fourth-order valence-corrected chi connectivity index (χ4v) is 2.28. The minimum Gasteiger partial charge on any atom is -0.393 e. The minimum atomic E-state index is -0.151. The largest absolute Gasteiger partial charge is 0.393 e. The van der Waals surface area contributed by atoms with Gasteiger partial charge in [0.15, 0.2) is 0 Å². The molecule has 0 saturated heterocycles. The molecule has 1 nitrogen and oxygen atoms in total. The van der Waals surface area contributed by atoms with Crippen molar-refractivity contribution in [2.24, 2.45) is 0 Å². The van der Waals surface area contributed by atoms with Gasteiger partial charge in [-0.15, -0.1) is 17.9 Å². The Balaban J connectivity index is 2.06. The summed E-state index contributed by atoms with van der Waals surface area (Å²) in [5.41, 5.74) is 1.16. The van der Waals surface area contributed by atoms with E-state index in [1.165, 1.54) is 4.88 Å². The van der Waals surface area contributed by atoms with E-state index >= 15 is 0 Å². The number of thiophene rings is 1. The van der Waals surface area contributed by atoms with Crippen LogP contribution in [-0.2, 0) is 6.42 Å². The molecule has 0 amide bonds. The summed E-state index contributed by atoms with van der Waals surface area (Å²) in [4.78, 5) is 1.42. The third-order valence-corrected chi connectivity index (χ3v) is 3.38. The van der Waals surface area contributed by atoms with Crippen molar-refractivity contribution in [3.63, 3.8) is 0 Å². The van der Waals surface area contributed by atoms with E-state index in [0.29, 0.717) is 0 Å². The number of aliphatic hydroxyl groups is 1. The molecule has 0 fully saturated rings. The Labute approximate surface area is 96.5 Å². The fourth-order valence-electron chi connectivity index (χ4n) is 1.52. The third kappa shape index (κ3) is 5.75. The molecule has 1 atom stereocenters. The Morgan fingerprint density at radius 3 is 2.93 bits per heavy atom. The monoisotopic (exact) mass is 224 g/mol. The van der Waals surface area contributed by atoms with Gasteiger partial charge in [0.2, 0.25) is 0 Å². The maximum Gasteiger partial charge on any atom is 0.0543 e. The van der Waals surface area contributed by atoms with E-state index in [9.17, 15) is 5.11 Å². The highest BCUT2D eigenvalue weighted by atomic mass is 32.1. The van der Waals surface area contributed by atoms with E-state index in [2.05, 4.69) is 24.1 Å². The molecular weight excluding hydrogens is 204 g/mol. The molecule has 0 aliphatic carbocycles. The minimum absolute atomic E-state index is 0.151. The van der Waals surface area contributed by atoms with Crippen molar-refractivity contribution in [1.29, 1.82) is 0 Å². The molecule has 15 heavy (non-hydrogen) atoms. The van der Waals surface area contributed by atoms with E-state index in [0.717, 1.165) is 37.7 Å². The van der Waals surface area contributed by atoms with Crippen LogP contribution in [0.3, 0.4) is 0 Å². The van der Waals surface area contributed by atoms with E-state index < -0.39 is 0 Å². The van der Waals surface area contributed by atoms with Crippen molar-refractivity contribution in [2.75, 3.05) is 0 Å². The zero-order valence-corrected chi connectivity index (χ0v) is 10.2. The average molecular weight is 224 g/mol. The van der Waals surface area contributed by atoms with Crippen molar-refractivity contribution in [1.82, 2.24) is 0 Å². The molecule has 2 heteroatoms. The van der Waals surface area contributed by atoms with Crippen molar-refractivity contribution in [3.05, 3.63) is 34.5 Å². The first kappa shape index (κ1) is 12.5. The summed E-state index contributed by atoms with van der Waals surface area (Å²) in [5, 5.41) is 11.8. The van der Waals surface area contributed by atoms with Crippen LogP contribution in [0.1, 0.15) is 37.5 Å². The highest BCUT2D eigenvalue weighted by Crippen LogP contribution is 2.15. The summed E-state index contributed by atoms with van der Waals surface area (Å²) in [6, 6.07) is 4.24. The smallest absolute Gasteiger partial charge is 0.0543 e. The summed E-state index contributed by atoms with van der Waals surface area (Å²) in [6.07, 6.45) is 4.74. The molecule has 0 aliphatic heterocycles.